The van der Waals surface area contributed by atoms with Crippen LogP contribution in [-0.2, 0) is 16.4 Å². The van der Waals surface area contributed by atoms with Gasteiger partial charge in [-0.15, -0.1) is 0 Å². The van der Waals surface area contributed by atoms with Crippen LogP contribution in [0.5, 0.6) is 0 Å². The van der Waals surface area contributed by atoms with E-state index in [4.69, 9.17) is 0 Å². The van der Waals surface area contributed by atoms with Crippen molar-refractivity contribution in [1.82, 2.24) is 25.5 Å². The first-order valence-corrected chi connectivity index (χ1v) is 8.88. The van der Waals surface area contributed by atoms with Crippen molar-refractivity contribution in [1.29, 1.82) is 0 Å². The minimum Gasteiger partial charge on any atom is -0.355 e. The average Bonchev–Trinajstić information content (AvgIpc) is 3.30. The summed E-state index contributed by atoms with van der Waals surface area (Å²) in [6.45, 7) is 2.36. The van der Waals surface area contributed by atoms with Crippen LogP contribution in [0.1, 0.15) is 24.7 Å². The van der Waals surface area contributed by atoms with Gasteiger partial charge in [0.1, 0.15) is 16.9 Å². The Bertz CT molecular complexity index is 1050. The summed E-state index contributed by atoms with van der Waals surface area (Å²) in [6, 6.07) is 8.10. The Kier molecular flexibility index (Phi) is 4.48. The lowest BCUT2D eigenvalue weighted by molar-refractivity contribution is -0.137. The largest absolute Gasteiger partial charge is 0.416 e. The fourth-order valence-corrected chi connectivity index (χ4v) is 3.16. The van der Waals surface area contributed by atoms with Crippen molar-refractivity contribution in [2.24, 2.45) is 0 Å². The van der Waals surface area contributed by atoms with Crippen LogP contribution in [0.4, 0.5) is 24.5 Å². The van der Waals surface area contributed by atoms with Gasteiger partial charge in [-0.05, 0) is 49.7 Å². The van der Waals surface area contributed by atoms with E-state index in [9.17, 15) is 18.0 Å². The van der Waals surface area contributed by atoms with E-state index in [0.29, 0.717) is 35.9 Å². The molecular formula is C19H17F3N6O. The Labute approximate surface area is 163 Å². The highest BCUT2D eigenvalue weighted by atomic mass is 19.4. The lowest BCUT2D eigenvalue weighted by Crippen LogP contribution is -2.33. The molecule has 1 aliphatic heterocycles. The smallest absolute Gasteiger partial charge is 0.355 e. The number of hydrogen-bond donors (Lipinski definition) is 3. The number of carbonyl (C=O) groups is 1. The maximum Gasteiger partial charge on any atom is 0.416 e. The van der Waals surface area contributed by atoms with Crippen LogP contribution in [0.15, 0.2) is 42.6 Å². The molecule has 1 amide bonds. The number of aromatic nitrogens is 4. The number of carbonyl (C=O) groups excluding carboxylic acids is 1. The zero-order chi connectivity index (χ0) is 20.6. The first-order chi connectivity index (χ1) is 13.8. The van der Waals surface area contributed by atoms with Gasteiger partial charge in [0.25, 0.3) is 0 Å². The van der Waals surface area contributed by atoms with Crippen molar-refractivity contribution in [3.05, 3.63) is 54.0 Å². The molecule has 0 saturated carbocycles. The van der Waals surface area contributed by atoms with Gasteiger partial charge >= 0.3 is 6.18 Å². The number of hydrogen-bond acceptors (Lipinski definition) is 5. The monoisotopic (exact) mass is 402 g/mol. The van der Waals surface area contributed by atoms with Gasteiger partial charge in [-0.2, -0.15) is 18.3 Å². The van der Waals surface area contributed by atoms with Gasteiger partial charge in [0, 0.05) is 18.4 Å². The van der Waals surface area contributed by atoms with E-state index >= 15 is 0 Å². The van der Waals surface area contributed by atoms with E-state index in [1.165, 1.54) is 12.1 Å². The highest BCUT2D eigenvalue weighted by molar-refractivity contribution is 5.89. The maximum absolute atomic E-state index is 12.7. The lowest BCUT2D eigenvalue weighted by atomic mass is 9.88. The predicted octanol–water partition coefficient (Wildman–Crippen LogP) is 3.41. The minimum atomic E-state index is -4.39. The Morgan fingerprint density at radius 3 is 2.59 bits per heavy atom. The van der Waals surface area contributed by atoms with Crippen molar-refractivity contribution in [3.63, 3.8) is 0 Å². The molecule has 0 aliphatic carbocycles. The molecule has 1 aliphatic rings. The third kappa shape index (κ3) is 3.53. The number of H-pyrrole nitrogens is 1. The van der Waals surface area contributed by atoms with Gasteiger partial charge in [-0.3, -0.25) is 14.9 Å². The van der Waals surface area contributed by atoms with Gasteiger partial charge in [-0.25, -0.2) is 4.98 Å². The van der Waals surface area contributed by atoms with Crippen LogP contribution in [0.2, 0.25) is 0 Å². The Balaban J connectivity index is 1.62. The first-order valence-electron chi connectivity index (χ1n) is 8.88. The highest BCUT2D eigenvalue weighted by Gasteiger charge is 2.42. The Hall–Kier alpha value is -3.43. The van der Waals surface area contributed by atoms with Gasteiger partial charge in [0.2, 0.25) is 11.7 Å². The summed E-state index contributed by atoms with van der Waals surface area (Å²) in [5.41, 5.74) is -0.113. The van der Waals surface area contributed by atoms with E-state index in [2.05, 4.69) is 30.8 Å². The second-order valence-electron chi connectivity index (χ2n) is 6.95. The molecule has 0 spiro atoms. The summed E-state index contributed by atoms with van der Waals surface area (Å²) in [7, 11) is 0. The average molecular weight is 402 g/mol. The number of benzene rings is 1. The van der Waals surface area contributed by atoms with Crippen LogP contribution in [-0.4, -0.2) is 32.6 Å². The molecule has 1 aromatic carbocycles. The summed E-state index contributed by atoms with van der Waals surface area (Å²) in [4.78, 5) is 20.9. The molecular weight excluding hydrogens is 385 g/mol. The molecule has 1 saturated heterocycles. The van der Waals surface area contributed by atoms with Gasteiger partial charge in [0.15, 0.2) is 0 Å². The molecule has 1 fully saturated rings. The molecule has 4 rings (SSSR count). The number of rotatable bonds is 4. The molecule has 1 atom stereocenters. The second-order valence-corrected chi connectivity index (χ2v) is 6.95. The molecule has 150 valence electrons. The fourth-order valence-electron chi connectivity index (χ4n) is 3.16. The molecule has 29 heavy (non-hydrogen) atoms. The zero-order valence-electron chi connectivity index (χ0n) is 15.3. The molecule has 0 unspecified atom stereocenters. The standard InChI is InChI=1S/C19H17F3N6O/c1-18(8-10-24-17(18)29)16-26-15(27-28-16)14-13(3-2-9-23-14)25-12-6-4-11(5-7-12)19(20,21)22/h2-7,9,25H,8,10H2,1H3,(H,24,29)(H,26,27,28)/t18-/m0/s1. The number of aromatic amines is 1. The lowest BCUT2D eigenvalue weighted by Gasteiger charge is -2.16. The van der Waals surface area contributed by atoms with E-state index in [0.717, 1.165) is 12.1 Å². The van der Waals surface area contributed by atoms with E-state index < -0.39 is 17.2 Å². The summed E-state index contributed by atoms with van der Waals surface area (Å²) in [6.07, 6.45) is -2.23. The third-order valence-corrected chi connectivity index (χ3v) is 4.93. The molecule has 3 heterocycles. The van der Waals surface area contributed by atoms with Gasteiger partial charge < -0.3 is 10.6 Å². The fraction of sp³-hybridized carbons (Fsp3) is 0.263. The molecule has 3 aromatic rings. The number of amides is 1. The summed E-state index contributed by atoms with van der Waals surface area (Å²) in [5.74, 6) is 0.605. The molecule has 3 N–H and O–H groups in total. The minimum absolute atomic E-state index is 0.121. The van der Waals surface area contributed by atoms with E-state index in [1.807, 2.05) is 0 Å². The molecule has 0 bridgehead atoms. The van der Waals surface area contributed by atoms with Crippen LogP contribution in [0.3, 0.4) is 0 Å². The predicted molar refractivity (Wildman–Crippen MR) is 99.3 cm³/mol. The number of anilines is 2. The van der Waals surface area contributed by atoms with Gasteiger partial charge in [-0.1, -0.05) is 0 Å². The van der Waals surface area contributed by atoms with Crippen molar-refractivity contribution in [2.75, 3.05) is 11.9 Å². The van der Waals surface area contributed by atoms with Crippen molar-refractivity contribution in [3.8, 4) is 11.5 Å². The summed E-state index contributed by atoms with van der Waals surface area (Å²) >= 11 is 0. The normalized spacial score (nSPS) is 19.2. The molecule has 2 aromatic heterocycles. The van der Waals surface area contributed by atoms with Crippen molar-refractivity contribution < 1.29 is 18.0 Å². The molecule has 7 nitrogen and oxygen atoms in total. The van der Waals surface area contributed by atoms with Gasteiger partial charge in [0.05, 0.1) is 11.3 Å². The number of nitrogens with one attached hydrogen (secondary N) is 3. The van der Waals surface area contributed by atoms with Crippen molar-refractivity contribution in [2.45, 2.75) is 24.9 Å². The maximum atomic E-state index is 12.7. The summed E-state index contributed by atoms with van der Waals surface area (Å²) < 4.78 is 38.2. The quantitative estimate of drug-likeness (QED) is 0.622. The Morgan fingerprint density at radius 2 is 1.93 bits per heavy atom. The van der Waals surface area contributed by atoms with Crippen LogP contribution >= 0.6 is 0 Å². The first kappa shape index (κ1) is 18.9. The second kappa shape index (κ2) is 6.87. The number of nitrogens with zero attached hydrogens (tertiary/aromatic N) is 3. The Morgan fingerprint density at radius 1 is 1.17 bits per heavy atom. The number of pyridine rings is 1. The molecule has 10 heteroatoms. The van der Waals surface area contributed by atoms with Crippen LogP contribution < -0.4 is 10.6 Å². The number of halogens is 3. The molecule has 0 radical (unpaired) electrons. The topological polar surface area (TPSA) is 95.6 Å². The van der Waals surface area contributed by atoms with Crippen LogP contribution in [0.25, 0.3) is 11.5 Å². The summed E-state index contributed by atoms with van der Waals surface area (Å²) in [5, 5.41) is 12.8. The SMILES string of the molecule is C[C@@]1(c2nc(-c3ncccc3Nc3ccc(C(F)(F)F)cc3)n[nH]2)CCNC1=O. The highest BCUT2D eigenvalue weighted by Crippen LogP contribution is 2.33. The zero-order valence-corrected chi connectivity index (χ0v) is 15.3. The van der Waals surface area contributed by atoms with E-state index in [1.54, 1.807) is 25.3 Å². The van der Waals surface area contributed by atoms with E-state index in [-0.39, 0.29) is 11.7 Å². The third-order valence-electron chi connectivity index (χ3n) is 4.93. The number of alkyl halides is 3. The van der Waals surface area contributed by atoms with Crippen molar-refractivity contribution >= 4 is 17.3 Å². The van der Waals surface area contributed by atoms with Crippen LogP contribution in [0, 0.1) is 0 Å².